The molecule has 0 saturated carbocycles. The Morgan fingerprint density at radius 2 is 2.00 bits per heavy atom. The lowest BCUT2D eigenvalue weighted by atomic mass is 10.1. The summed E-state index contributed by atoms with van der Waals surface area (Å²) in [5, 5.41) is 3.40. The number of nitrogens with one attached hydrogen (secondary N) is 3. The number of carbonyl (C=O) groups excluding carboxylic acids is 3. The van der Waals surface area contributed by atoms with Crippen molar-refractivity contribution in [1.29, 1.82) is 0 Å². The van der Waals surface area contributed by atoms with Crippen LogP contribution in [0.5, 0.6) is 0 Å². The molecule has 1 fully saturated rings. The number of hydrogen-bond acceptors (Lipinski definition) is 4. The lowest BCUT2D eigenvalue weighted by Crippen LogP contribution is -2.44. The van der Waals surface area contributed by atoms with Crippen LogP contribution in [0, 0.1) is 6.92 Å². The standard InChI is InChI=1S/C18H25N5O3S/c1-4-13-8-5-7-12(2)16(13)19-17(27)21-20-14(24)9-6-10-23-15(25)11-22(3)18(23)26/h5,7-8H,4,6,9-11H2,1-3H3,(H,20,24)(H2,19,21,27). The summed E-state index contributed by atoms with van der Waals surface area (Å²) in [6, 6.07) is 5.68. The summed E-state index contributed by atoms with van der Waals surface area (Å²) in [6.45, 7) is 4.36. The Morgan fingerprint density at radius 1 is 1.26 bits per heavy atom. The zero-order valence-electron chi connectivity index (χ0n) is 15.8. The summed E-state index contributed by atoms with van der Waals surface area (Å²) < 4.78 is 0. The van der Waals surface area contributed by atoms with Crippen LogP contribution in [-0.2, 0) is 16.0 Å². The fourth-order valence-electron chi connectivity index (χ4n) is 2.82. The molecule has 1 aromatic carbocycles. The molecule has 0 bridgehead atoms. The van der Waals surface area contributed by atoms with Crippen molar-refractivity contribution in [2.75, 3.05) is 25.5 Å². The van der Waals surface area contributed by atoms with Crippen molar-refractivity contribution in [3.63, 3.8) is 0 Å². The first-order chi connectivity index (χ1) is 12.8. The van der Waals surface area contributed by atoms with Gasteiger partial charge in [-0.15, -0.1) is 0 Å². The molecule has 0 unspecified atom stereocenters. The molecule has 146 valence electrons. The highest BCUT2D eigenvalue weighted by molar-refractivity contribution is 7.80. The number of rotatable bonds is 6. The van der Waals surface area contributed by atoms with Crippen LogP contribution < -0.4 is 16.2 Å². The zero-order chi connectivity index (χ0) is 20.0. The molecule has 1 aliphatic heterocycles. The van der Waals surface area contributed by atoms with Crippen LogP contribution in [0.4, 0.5) is 10.5 Å². The summed E-state index contributed by atoms with van der Waals surface area (Å²) in [6.07, 6.45) is 1.42. The third kappa shape index (κ3) is 5.40. The zero-order valence-corrected chi connectivity index (χ0v) is 16.6. The molecule has 1 aliphatic rings. The highest BCUT2D eigenvalue weighted by Crippen LogP contribution is 2.20. The van der Waals surface area contributed by atoms with Crippen LogP contribution in [-0.4, -0.2) is 52.9 Å². The van der Waals surface area contributed by atoms with Crippen molar-refractivity contribution in [3.05, 3.63) is 29.3 Å². The van der Waals surface area contributed by atoms with E-state index in [1.54, 1.807) is 7.05 Å². The Labute approximate surface area is 164 Å². The van der Waals surface area contributed by atoms with E-state index in [1.165, 1.54) is 4.90 Å². The van der Waals surface area contributed by atoms with Gasteiger partial charge >= 0.3 is 6.03 Å². The fourth-order valence-corrected chi connectivity index (χ4v) is 2.98. The highest BCUT2D eigenvalue weighted by Gasteiger charge is 2.32. The molecule has 4 amide bonds. The third-order valence-electron chi connectivity index (χ3n) is 4.31. The fraction of sp³-hybridized carbons (Fsp3) is 0.444. The first kappa shape index (κ1) is 20.6. The van der Waals surface area contributed by atoms with Gasteiger partial charge in [-0.1, -0.05) is 25.1 Å². The second-order valence-electron chi connectivity index (χ2n) is 6.38. The van der Waals surface area contributed by atoms with E-state index in [4.69, 9.17) is 12.2 Å². The van der Waals surface area contributed by atoms with Crippen molar-refractivity contribution in [3.8, 4) is 0 Å². The molecule has 0 atom stereocenters. The first-order valence-corrected chi connectivity index (χ1v) is 9.24. The molecular formula is C18H25N5O3S. The van der Waals surface area contributed by atoms with Gasteiger partial charge in [-0.2, -0.15) is 0 Å². The molecule has 2 rings (SSSR count). The molecule has 8 nitrogen and oxygen atoms in total. The predicted molar refractivity (Wildman–Crippen MR) is 107 cm³/mol. The van der Waals surface area contributed by atoms with E-state index in [9.17, 15) is 14.4 Å². The number of benzene rings is 1. The van der Waals surface area contributed by atoms with Gasteiger partial charge in [0.05, 0.1) is 0 Å². The van der Waals surface area contributed by atoms with Gasteiger partial charge in [0.25, 0.3) is 0 Å². The molecular weight excluding hydrogens is 366 g/mol. The number of para-hydroxylation sites is 1. The predicted octanol–water partition coefficient (Wildman–Crippen LogP) is 1.55. The number of likely N-dealkylation sites (N-methyl/N-ethyl adjacent to an activating group) is 1. The van der Waals surface area contributed by atoms with Crippen LogP contribution >= 0.6 is 12.2 Å². The number of nitrogens with zero attached hydrogens (tertiary/aromatic N) is 2. The number of urea groups is 1. The number of hydrogen-bond donors (Lipinski definition) is 3. The van der Waals surface area contributed by atoms with Crippen LogP contribution in [0.15, 0.2) is 18.2 Å². The monoisotopic (exact) mass is 391 g/mol. The Balaban J connectivity index is 1.73. The van der Waals surface area contributed by atoms with Gasteiger partial charge in [-0.05, 0) is 43.1 Å². The summed E-state index contributed by atoms with van der Waals surface area (Å²) in [5.41, 5.74) is 8.33. The van der Waals surface area contributed by atoms with E-state index in [0.717, 1.165) is 28.1 Å². The minimum Gasteiger partial charge on any atom is -0.331 e. The molecule has 1 aromatic rings. The molecule has 0 spiro atoms. The summed E-state index contributed by atoms with van der Waals surface area (Å²) in [4.78, 5) is 37.9. The molecule has 1 heterocycles. The summed E-state index contributed by atoms with van der Waals surface area (Å²) in [7, 11) is 1.57. The minimum absolute atomic E-state index is 0.0885. The largest absolute Gasteiger partial charge is 0.331 e. The van der Waals surface area contributed by atoms with Crippen molar-refractivity contribution < 1.29 is 14.4 Å². The molecule has 0 aromatic heterocycles. The van der Waals surface area contributed by atoms with Crippen molar-refractivity contribution in [2.45, 2.75) is 33.1 Å². The summed E-state index contributed by atoms with van der Waals surface area (Å²) >= 11 is 5.23. The maximum Gasteiger partial charge on any atom is 0.326 e. The topological polar surface area (TPSA) is 93.8 Å². The third-order valence-corrected chi connectivity index (χ3v) is 4.51. The van der Waals surface area contributed by atoms with Crippen LogP contribution in [0.2, 0.25) is 0 Å². The van der Waals surface area contributed by atoms with E-state index in [1.807, 2.05) is 25.1 Å². The Kier molecular flexibility index (Phi) is 7.12. The highest BCUT2D eigenvalue weighted by atomic mass is 32.1. The SMILES string of the molecule is CCc1cccc(C)c1NC(=S)NNC(=O)CCCN1C(=O)CN(C)C1=O. The Morgan fingerprint density at radius 3 is 2.63 bits per heavy atom. The van der Waals surface area contributed by atoms with E-state index < -0.39 is 0 Å². The molecule has 3 N–H and O–H groups in total. The molecule has 9 heteroatoms. The number of hydrazine groups is 1. The van der Waals surface area contributed by atoms with Gasteiger partial charge in [0, 0.05) is 25.7 Å². The van der Waals surface area contributed by atoms with Gasteiger partial charge < -0.3 is 10.2 Å². The number of amides is 4. The average molecular weight is 391 g/mol. The van der Waals surface area contributed by atoms with Gasteiger partial charge in [0.2, 0.25) is 11.8 Å². The van der Waals surface area contributed by atoms with E-state index in [-0.39, 0.29) is 37.4 Å². The summed E-state index contributed by atoms with van der Waals surface area (Å²) in [5.74, 6) is -0.511. The van der Waals surface area contributed by atoms with Gasteiger partial charge in [0.15, 0.2) is 5.11 Å². The number of anilines is 1. The van der Waals surface area contributed by atoms with Crippen LogP contribution in [0.1, 0.15) is 30.9 Å². The van der Waals surface area contributed by atoms with Crippen molar-refractivity contribution in [1.82, 2.24) is 20.7 Å². The maximum absolute atomic E-state index is 11.9. The van der Waals surface area contributed by atoms with Crippen LogP contribution in [0.3, 0.4) is 0 Å². The first-order valence-electron chi connectivity index (χ1n) is 8.83. The normalized spacial score (nSPS) is 13.7. The molecule has 1 saturated heterocycles. The Hall–Kier alpha value is -2.68. The smallest absolute Gasteiger partial charge is 0.326 e. The van der Waals surface area contributed by atoms with Crippen molar-refractivity contribution in [2.24, 2.45) is 0 Å². The minimum atomic E-state index is -0.325. The maximum atomic E-state index is 11.9. The Bertz CT molecular complexity index is 753. The average Bonchev–Trinajstić information content (AvgIpc) is 2.87. The quantitative estimate of drug-likeness (QED) is 0.387. The van der Waals surface area contributed by atoms with E-state index in [2.05, 4.69) is 23.1 Å². The lowest BCUT2D eigenvalue weighted by molar-refractivity contribution is -0.126. The number of imide groups is 1. The second-order valence-corrected chi connectivity index (χ2v) is 6.79. The second kappa shape index (κ2) is 9.31. The van der Waals surface area contributed by atoms with E-state index >= 15 is 0 Å². The van der Waals surface area contributed by atoms with Gasteiger partial charge in [-0.3, -0.25) is 25.3 Å². The van der Waals surface area contributed by atoms with E-state index in [0.29, 0.717) is 11.5 Å². The van der Waals surface area contributed by atoms with Crippen LogP contribution in [0.25, 0.3) is 0 Å². The number of thiocarbonyl (C=S) groups is 1. The van der Waals surface area contributed by atoms with Gasteiger partial charge in [-0.25, -0.2) is 4.79 Å². The van der Waals surface area contributed by atoms with Crippen molar-refractivity contribution >= 4 is 40.9 Å². The molecule has 0 aliphatic carbocycles. The molecule has 0 radical (unpaired) electrons. The molecule has 27 heavy (non-hydrogen) atoms. The van der Waals surface area contributed by atoms with Gasteiger partial charge in [0.1, 0.15) is 6.54 Å². The number of carbonyl (C=O) groups is 3. The number of aryl methyl sites for hydroxylation is 2. The lowest BCUT2D eigenvalue weighted by Gasteiger charge is -2.16.